The zero-order chi connectivity index (χ0) is 25.9. The summed E-state index contributed by atoms with van der Waals surface area (Å²) in [6.45, 7) is 9.71. The van der Waals surface area contributed by atoms with Crippen LogP contribution in [-0.4, -0.2) is 17.5 Å². The van der Waals surface area contributed by atoms with E-state index in [1.54, 1.807) is 18.7 Å². The molecule has 184 valence electrons. The second-order valence-corrected chi connectivity index (χ2v) is 10.5. The first-order valence-electron chi connectivity index (χ1n) is 11.9. The summed E-state index contributed by atoms with van der Waals surface area (Å²) in [6.07, 6.45) is 1.03. The van der Waals surface area contributed by atoms with E-state index in [1.807, 2.05) is 60.7 Å². The van der Waals surface area contributed by atoms with E-state index in [-0.39, 0.29) is 11.2 Å². The molecule has 0 bridgehead atoms. The van der Waals surface area contributed by atoms with Crippen LogP contribution in [-0.2, 0) is 15.0 Å². The van der Waals surface area contributed by atoms with Crippen molar-refractivity contribution in [2.45, 2.75) is 56.2 Å². The molecule has 5 nitrogen and oxygen atoms in total. The smallest absolute Gasteiger partial charge is 0.331 e. The van der Waals surface area contributed by atoms with Gasteiger partial charge in [0.25, 0.3) is 0 Å². The summed E-state index contributed by atoms with van der Waals surface area (Å²) in [4.78, 5) is 30.8. The Labute approximate surface area is 215 Å². The largest absolute Gasteiger partial charge is 0.453 e. The van der Waals surface area contributed by atoms with Crippen LogP contribution in [0.2, 0.25) is 0 Å². The van der Waals surface area contributed by atoms with E-state index in [0.29, 0.717) is 17.0 Å². The van der Waals surface area contributed by atoms with Gasteiger partial charge in [0.15, 0.2) is 5.76 Å². The number of furan rings is 1. The molecule has 0 fully saturated rings. The SMILES string of the molecule is CCC(C)(C)c1ccc2oc(C(=O)c3ccc(Sc4ccc(C(C)=NOC(C)=O)cc4)cc3)cc2c1. The molecule has 0 unspecified atom stereocenters. The second-order valence-electron chi connectivity index (χ2n) is 9.34. The lowest BCUT2D eigenvalue weighted by molar-refractivity contribution is -0.140. The van der Waals surface area contributed by atoms with Crippen molar-refractivity contribution in [1.82, 2.24) is 0 Å². The number of carbonyl (C=O) groups excluding carboxylic acids is 2. The summed E-state index contributed by atoms with van der Waals surface area (Å²) in [5.41, 5.74) is 4.11. The lowest BCUT2D eigenvalue weighted by Gasteiger charge is -2.23. The normalized spacial score (nSPS) is 12.1. The third-order valence-electron chi connectivity index (χ3n) is 6.34. The van der Waals surface area contributed by atoms with Gasteiger partial charge < -0.3 is 9.25 Å². The van der Waals surface area contributed by atoms with Gasteiger partial charge in [0, 0.05) is 27.7 Å². The first-order valence-corrected chi connectivity index (χ1v) is 12.7. The minimum Gasteiger partial charge on any atom is -0.453 e. The maximum Gasteiger partial charge on any atom is 0.331 e. The van der Waals surface area contributed by atoms with Crippen LogP contribution < -0.4 is 0 Å². The predicted octanol–water partition coefficient (Wildman–Crippen LogP) is 7.79. The van der Waals surface area contributed by atoms with Crippen LogP contribution in [0.4, 0.5) is 0 Å². The lowest BCUT2D eigenvalue weighted by atomic mass is 9.82. The van der Waals surface area contributed by atoms with Gasteiger partial charge in [0.05, 0.1) is 5.71 Å². The average Bonchev–Trinajstić information content (AvgIpc) is 3.31. The van der Waals surface area contributed by atoms with Crippen LogP contribution in [0.5, 0.6) is 0 Å². The van der Waals surface area contributed by atoms with Gasteiger partial charge in [-0.1, -0.05) is 55.9 Å². The number of nitrogens with zero attached hydrogens (tertiary/aromatic N) is 1. The van der Waals surface area contributed by atoms with Crippen molar-refractivity contribution in [2.75, 3.05) is 0 Å². The summed E-state index contributed by atoms with van der Waals surface area (Å²) < 4.78 is 5.88. The Morgan fingerprint density at radius 1 is 0.889 bits per heavy atom. The molecule has 0 saturated carbocycles. The Bertz CT molecular complexity index is 1430. The number of fused-ring (bicyclic) bond motifs is 1. The molecule has 0 spiro atoms. The van der Waals surface area contributed by atoms with Crippen LogP contribution in [0.1, 0.15) is 68.3 Å². The molecule has 1 aromatic heterocycles. The Hall–Kier alpha value is -3.64. The van der Waals surface area contributed by atoms with E-state index < -0.39 is 5.97 Å². The number of benzene rings is 3. The summed E-state index contributed by atoms with van der Waals surface area (Å²) >= 11 is 1.59. The first kappa shape index (κ1) is 25.5. The highest BCUT2D eigenvalue weighted by atomic mass is 32.2. The highest BCUT2D eigenvalue weighted by Gasteiger charge is 2.20. The fourth-order valence-electron chi connectivity index (χ4n) is 3.68. The van der Waals surface area contributed by atoms with E-state index in [1.165, 1.54) is 12.5 Å². The molecule has 3 aromatic carbocycles. The Morgan fingerprint density at radius 3 is 2.08 bits per heavy atom. The number of ketones is 1. The van der Waals surface area contributed by atoms with Gasteiger partial charge in [-0.15, -0.1) is 0 Å². The summed E-state index contributed by atoms with van der Waals surface area (Å²) in [5.74, 6) is -0.238. The van der Waals surface area contributed by atoms with E-state index in [2.05, 4.69) is 38.1 Å². The van der Waals surface area contributed by atoms with Gasteiger partial charge in [-0.3, -0.25) is 4.79 Å². The molecule has 4 rings (SSSR count). The molecular formula is C30H29NO4S. The minimum atomic E-state index is -0.450. The molecule has 0 aliphatic heterocycles. The van der Waals surface area contributed by atoms with Crippen molar-refractivity contribution in [2.24, 2.45) is 5.16 Å². The topological polar surface area (TPSA) is 68.9 Å². The summed E-state index contributed by atoms with van der Waals surface area (Å²) in [6, 6.07) is 23.3. The van der Waals surface area contributed by atoms with Crippen molar-refractivity contribution in [3.05, 3.63) is 95.2 Å². The van der Waals surface area contributed by atoms with Crippen molar-refractivity contribution in [3.63, 3.8) is 0 Å². The zero-order valence-corrected chi connectivity index (χ0v) is 21.9. The third kappa shape index (κ3) is 5.77. The van der Waals surface area contributed by atoms with Gasteiger partial charge in [0.2, 0.25) is 5.78 Å². The van der Waals surface area contributed by atoms with Gasteiger partial charge >= 0.3 is 5.97 Å². The molecule has 0 N–H and O–H groups in total. The van der Waals surface area contributed by atoms with Crippen LogP contribution in [0.15, 0.2) is 92.2 Å². The van der Waals surface area contributed by atoms with Crippen molar-refractivity contribution in [3.8, 4) is 0 Å². The van der Waals surface area contributed by atoms with Crippen molar-refractivity contribution < 1.29 is 18.8 Å². The third-order valence-corrected chi connectivity index (χ3v) is 7.36. The number of oxime groups is 1. The number of rotatable bonds is 8. The fraction of sp³-hybridized carbons (Fsp3) is 0.233. The molecule has 1 heterocycles. The molecule has 4 aromatic rings. The molecule has 0 saturated heterocycles. The maximum atomic E-state index is 13.1. The molecule has 6 heteroatoms. The van der Waals surface area contributed by atoms with Crippen LogP contribution in [0.3, 0.4) is 0 Å². The summed E-state index contributed by atoms with van der Waals surface area (Å²) in [7, 11) is 0. The predicted molar refractivity (Wildman–Crippen MR) is 144 cm³/mol. The monoisotopic (exact) mass is 499 g/mol. The standard InChI is InChI=1S/C30H29NO4S/c1-6-30(4,5)24-11-16-27-23(17-24)18-28(34-27)29(33)22-9-14-26(15-10-22)36-25-12-7-21(8-13-25)19(2)31-35-20(3)32/h7-18H,6H2,1-5H3. The molecule has 0 atom stereocenters. The number of hydrogen-bond donors (Lipinski definition) is 0. The zero-order valence-electron chi connectivity index (χ0n) is 21.1. The van der Waals surface area contributed by atoms with Crippen LogP contribution in [0.25, 0.3) is 11.0 Å². The van der Waals surface area contributed by atoms with Crippen LogP contribution in [0, 0.1) is 0 Å². The Morgan fingerprint density at radius 2 is 1.50 bits per heavy atom. The second kappa shape index (κ2) is 10.5. The highest BCUT2D eigenvalue weighted by molar-refractivity contribution is 7.99. The number of hydrogen-bond acceptors (Lipinski definition) is 6. The van der Waals surface area contributed by atoms with E-state index in [9.17, 15) is 9.59 Å². The average molecular weight is 500 g/mol. The van der Waals surface area contributed by atoms with Gasteiger partial charge in [0.1, 0.15) is 5.58 Å². The Kier molecular flexibility index (Phi) is 7.45. The van der Waals surface area contributed by atoms with Crippen LogP contribution >= 0.6 is 11.8 Å². The molecule has 0 aliphatic carbocycles. The lowest BCUT2D eigenvalue weighted by Crippen LogP contribution is -2.14. The highest BCUT2D eigenvalue weighted by Crippen LogP contribution is 2.32. The minimum absolute atomic E-state index is 0.0692. The molecular weight excluding hydrogens is 470 g/mol. The van der Waals surface area contributed by atoms with Gasteiger partial charge in [-0.25, -0.2) is 4.79 Å². The Balaban J connectivity index is 1.46. The molecule has 0 radical (unpaired) electrons. The quantitative estimate of drug-likeness (QED) is 0.107. The summed E-state index contributed by atoms with van der Waals surface area (Å²) in [5, 5.41) is 4.76. The first-order chi connectivity index (χ1) is 17.2. The molecule has 0 amide bonds. The number of carbonyl (C=O) groups is 2. The van der Waals surface area contributed by atoms with Crippen molar-refractivity contribution >= 4 is 40.2 Å². The maximum absolute atomic E-state index is 13.1. The molecule has 36 heavy (non-hydrogen) atoms. The van der Waals surface area contributed by atoms with E-state index in [0.717, 1.165) is 32.7 Å². The van der Waals surface area contributed by atoms with Gasteiger partial charge in [-0.2, -0.15) is 0 Å². The fourth-order valence-corrected chi connectivity index (χ4v) is 4.50. The molecule has 0 aliphatic rings. The van der Waals surface area contributed by atoms with Gasteiger partial charge in [-0.05, 0) is 84.5 Å². The van der Waals surface area contributed by atoms with Crippen molar-refractivity contribution in [1.29, 1.82) is 0 Å². The van der Waals surface area contributed by atoms with E-state index >= 15 is 0 Å². The van der Waals surface area contributed by atoms with E-state index in [4.69, 9.17) is 9.25 Å².